The van der Waals surface area contributed by atoms with E-state index in [-0.39, 0.29) is 17.1 Å². The van der Waals surface area contributed by atoms with E-state index in [2.05, 4.69) is 37.5 Å². The fourth-order valence-electron chi connectivity index (χ4n) is 1.48. The van der Waals surface area contributed by atoms with Crippen molar-refractivity contribution in [3.63, 3.8) is 0 Å². The van der Waals surface area contributed by atoms with Gasteiger partial charge in [0.05, 0.1) is 0 Å². The Morgan fingerprint density at radius 2 is 2.00 bits per heavy atom. The van der Waals surface area contributed by atoms with Crippen molar-refractivity contribution in [1.82, 2.24) is 5.43 Å². The van der Waals surface area contributed by atoms with Crippen LogP contribution in [0.25, 0.3) is 0 Å². The molecule has 0 saturated heterocycles. The number of hydrazine groups is 1. The second kappa shape index (κ2) is 6.07. The van der Waals surface area contributed by atoms with Crippen molar-refractivity contribution in [3.8, 4) is 0 Å². The molecule has 0 aromatic heterocycles. The van der Waals surface area contributed by atoms with Crippen molar-refractivity contribution in [2.75, 3.05) is 0 Å². The lowest BCUT2D eigenvalue weighted by atomic mass is 10.1. The zero-order valence-corrected chi connectivity index (χ0v) is 11.6. The maximum atomic E-state index is 11.4. The number of aryl methyl sites for hydroxylation is 2. The van der Waals surface area contributed by atoms with E-state index in [1.807, 2.05) is 13.8 Å². The summed E-state index contributed by atoms with van der Waals surface area (Å²) >= 11 is 1.72. The molecule has 0 aliphatic carbocycles. The number of amides is 1. The average molecular weight is 252 g/mol. The molecule has 0 spiro atoms. The summed E-state index contributed by atoms with van der Waals surface area (Å²) in [7, 11) is 0. The van der Waals surface area contributed by atoms with Crippen molar-refractivity contribution in [1.29, 1.82) is 0 Å². The topological polar surface area (TPSA) is 55.1 Å². The number of carbonyl (C=O) groups excluding carboxylic acids is 1. The van der Waals surface area contributed by atoms with Gasteiger partial charge in [-0.25, -0.2) is 5.84 Å². The smallest absolute Gasteiger partial charge is 0.237 e. The predicted molar refractivity (Wildman–Crippen MR) is 72.7 cm³/mol. The normalized spacial score (nSPS) is 14.2. The summed E-state index contributed by atoms with van der Waals surface area (Å²) in [4.78, 5) is 12.7. The minimum Gasteiger partial charge on any atom is -0.294 e. The van der Waals surface area contributed by atoms with E-state index in [0.29, 0.717) is 0 Å². The Kier molecular flexibility index (Phi) is 5.02. The largest absolute Gasteiger partial charge is 0.294 e. The summed E-state index contributed by atoms with van der Waals surface area (Å²) in [5, 5.41) is 0.194. The Morgan fingerprint density at radius 1 is 1.35 bits per heavy atom. The van der Waals surface area contributed by atoms with E-state index >= 15 is 0 Å². The van der Waals surface area contributed by atoms with Gasteiger partial charge in [-0.3, -0.25) is 10.2 Å². The molecule has 0 radical (unpaired) electrons. The lowest BCUT2D eigenvalue weighted by molar-refractivity contribution is -0.124. The molecule has 1 amide bonds. The van der Waals surface area contributed by atoms with Crippen LogP contribution in [0.15, 0.2) is 23.1 Å². The molecule has 1 rings (SSSR count). The molecule has 0 aliphatic heterocycles. The van der Waals surface area contributed by atoms with Crippen LogP contribution in [0, 0.1) is 19.8 Å². The van der Waals surface area contributed by atoms with Crippen molar-refractivity contribution in [2.45, 2.75) is 37.8 Å². The van der Waals surface area contributed by atoms with Gasteiger partial charge in [-0.15, -0.1) is 11.8 Å². The fraction of sp³-hybridized carbons (Fsp3) is 0.462. The number of nitrogens with two attached hydrogens (primary N) is 1. The predicted octanol–water partition coefficient (Wildman–Crippen LogP) is 2.41. The summed E-state index contributed by atoms with van der Waals surface area (Å²) in [6, 6.07) is 6.36. The summed E-state index contributed by atoms with van der Waals surface area (Å²) in [6.07, 6.45) is 0. The molecule has 0 fully saturated rings. The van der Waals surface area contributed by atoms with E-state index in [1.165, 1.54) is 16.0 Å². The zero-order valence-electron chi connectivity index (χ0n) is 10.8. The van der Waals surface area contributed by atoms with E-state index in [0.717, 1.165) is 0 Å². The van der Waals surface area contributed by atoms with Gasteiger partial charge in [0.2, 0.25) is 5.91 Å². The van der Waals surface area contributed by atoms with Crippen molar-refractivity contribution < 1.29 is 4.79 Å². The Balaban J connectivity index is 2.77. The van der Waals surface area contributed by atoms with E-state index < -0.39 is 0 Å². The number of thioether (sulfide) groups is 1. The van der Waals surface area contributed by atoms with E-state index in [1.54, 1.807) is 11.8 Å². The second-order valence-corrected chi connectivity index (χ2v) is 5.81. The van der Waals surface area contributed by atoms with Crippen LogP contribution in [-0.4, -0.2) is 11.2 Å². The number of nitrogens with one attached hydrogen (secondary N) is 1. The van der Waals surface area contributed by atoms with Gasteiger partial charge in [0.1, 0.15) is 0 Å². The summed E-state index contributed by atoms with van der Waals surface area (Å²) in [5.41, 5.74) is 4.69. The van der Waals surface area contributed by atoms with Gasteiger partial charge in [0.25, 0.3) is 0 Å². The second-order valence-electron chi connectivity index (χ2n) is 4.39. The number of benzene rings is 1. The molecule has 1 aromatic carbocycles. The van der Waals surface area contributed by atoms with Gasteiger partial charge in [0.15, 0.2) is 0 Å². The molecular weight excluding hydrogens is 232 g/mol. The fourth-order valence-corrected chi connectivity index (χ4v) is 2.72. The standard InChI is InChI=1S/C13H20N2OS/c1-8-5-6-9(2)12(7-8)17-11(4)10(3)13(16)15-14/h5-7,10-11H,14H2,1-4H3,(H,15,16). The molecule has 1 aromatic rings. The molecule has 0 aliphatic rings. The molecule has 0 saturated carbocycles. The lowest BCUT2D eigenvalue weighted by Crippen LogP contribution is -2.38. The van der Waals surface area contributed by atoms with Gasteiger partial charge in [-0.1, -0.05) is 31.5 Å². The maximum absolute atomic E-state index is 11.4. The van der Waals surface area contributed by atoms with Crippen LogP contribution in [0.3, 0.4) is 0 Å². The van der Waals surface area contributed by atoms with Gasteiger partial charge in [-0.05, 0) is 25.5 Å². The third-order valence-corrected chi connectivity index (χ3v) is 4.39. The minimum atomic E-state index is -0.115. The van der Waals surface area contributed by atoms with Crippen molar-refractivity contribution in [2.24, 2.45) is 11.8 Å². The highest BCUT2D eigenvalue weighted by atomic mass is 32.2. The third kappa shape index (κ3) is 3.75. The Hall–Kier alpha value is -1.00. The first-order chi connectivity index (χ1) is 7.95. The number of rotatable bonds is 4. The highest BCUT2D eigenvalue weighted by molar-refractivity contribution is 8.00. The first-order valence-electron chi connectivity index (χ1n) is 5.70. The molecule has 94 valence electrons. The summed E-state index contributed by atoms with van der Waals surface area (Å²) < 4.78 is 0. The zero-order chi connectivity index (χ0) is 13.0. The Bertz CT molecular complexity index is 406. The summed E-state index contributed by atoms with van der Waals surface area (Å²) in [5.74, 6) is 4.93. The maximum Gasteiger partial charge on any atom is 0.237 e. The van der Waals surface area contributed by atoms with Crippen LogP contribution in [0.4, 0.5) is 0 Å². The van der Waals surface area contributed by atoms with Crippen molar-refractivity contribution >= 4 is 17.7 Å². The highest BCUT2D eigenvalue weighted by Crippen LogP contribution is 2.31. The quantitative estimate of drug-likeness (QED) is 0.374. The van der Waals surface area contributed by atoms with E-state index in [4.69, 9.17) is 5.84 Å². The van der Waals surface area contributed by atoms with E-state index in [9.17, 15) is 4.79 Å². The number of carbonyl (C=O) groups is 1. The number of hydrogen-bond donors (Lipinski definition) is 2. The Labute approximate surface area is 107 Å². The molecular formula is C13H20N2OS. The first-order valence-corrected chi connectivity index (χ1v) is 6.58. The Morgan fingerprint density at radius 3 is 2.59 bits per heavy atom. The van der Waals surface area contributed by atoms with Crippen LogP contribution in [0.5, 0.6) is 0 Å². The third-order valence-electron chi connectivity index (χ3n) is 2.92. The van der Waals surface area contributed by atoms with Gasteiger partial charge in [0, 0.05) is 16.1 Å². The molecule has 17 heavy (non-hydrogen) atoms. The average Bonchev–Trinajstić information content (AvgIpc) is 2.31. The molecule has 3 N–H and O–H groups in total. The highest BCUT2D eigenvalue weighted by Gasteiger charge is 2.20. The van der Waals surface area contributed by atoms with Gasteiger partial charge < -0.3 is 0 Å². The van der Waals surface area contributed by atoms with Crippen LogP contribution < -0.4 is 11.3 Å². The number of hydrogen-bond acceptors (Lipinski definition) is 3. The summed E-state index contributed by atoms with van der Waals surface area (Å²) in [6.45, 7) is 8.10. The minimum absolute atomic E-state index is 0.107. The van der Waals surface area contributed by atoms with Crippen LogP contribution in [0.2, 0.25) is 0 Å². The molecule has 3 nitrogen and oxygen atoms in total. The van der Waals surface area contributed by atoms with Crippen LogP contribution in [0.1, 0.15) is 25.0 Å². The molecule has 0 heterocycles. The lowest BCUT2D eigenvalue weighted by Gasteiger charge is -2.19. The monoisotopic (exact) mass is 252 g/mol. The van der Waals surface area contributed by atoms with Crippen LogP contribution >= 0.6 is 11.8 Å². The molecule has 0 bridgehead atoms. The molecule has 4 heteroatoms. The van der Waals surface area contributed by atoms with Gasteiger partial charge >= 0.3 is 0 Å². The molecule has 2 atom stereocenters. The van der Waals surface area contributed by atoms with Crippen LogP contribution in [-0.2, 0) is 4.79 Å². The SMILES string of the molecule is Cc1ccc(C)c(SC(C)C(C)C(=O)NN)c1. The molecule has 2 unspecified atom stereocenters. The van der Waals surface area contributed by atoms with Gasteiger partial charge in [-0.2, -0.15) is 0 Å². The first kappa shape index (κ1) is 14.1. The van der Waals surface area contributed by atoms with Crippen molar-refractivity contribution in [3.05, 3.63) is 29.3 Å².